The average Bonchev–Trinajstić information content (AvgIpc) is 2.06. The molecule has 1 amide bonds. The number of halogens is 3. The summed E-state index contributed by atoms with van der Waals surface area (Å²) in [7, 11) is 0. The van der Waals surface area contributed by atoms with Gasteiger partial charge in [0.25, 0.3) is 0 Å². The highest BCUT2D eigenvalue weighted by Crippen LogP contribution is 2.30. The third-order valence-electron chi connectivity index (χ3n) is 1.28. The van der Waals surface area contributed by atoms with Crippen LogP contribution in [0.2, 0.25) is 5.02 Å². The lowest BCUT2D eigenvalue weighted by Gasteiger charge is -2.05. The summed E-state index contributed by atoms with van der Waals surface area (Å²) in [6.45, 7) is 0. The van der Waals surface area contributed by atoms with Crippen molar-refractivity contribution in [2.24, 2.45) is 0 Å². The summed E-state index contributed by atoms with van der Waals surface area (Å²) < 4.78 is 13.0. The predicted octanol–water partition coefficient (Wildman–Crippen LogP) is 3.33. The maximum absolute atomic E-state index is 13.0. The van der Waals surface area contributed by atoms with Crippen molar-refractivity contribution in [1.82, 2.24) is 0 Å². The summed E-state index contributed by atoms with van der Waals surface area (Å²) in [6.07, 6.45) is -1.26. The zero-order valence-electron chi connectivity index (χ0n) is 6.14. The number of amides is 1. The van der Waals surface area contributed by atoms with Gasteiger partial charge in [-0.25, -0.2) is 9.18 Å². The zero-order chi connectivity index (χ0) is 10.0. The minimum Gasteiger partial charge on any atom is -0.465 e. The van der Waals surface area contributed by atoms with Crippen LogP contribution >= 0.6 is 27.5 Å². The van der Waals surface area contributed by atoms with Crippen molar-refractivity contribution >= 4 is 39.3 Å². The molecule has 1 rings (SSSR count). The monoisotopic (exact) mass is 267 g/mol. The molecule has 0 aromatic heterocycles. The van der Waals surface area contributed by atoms with Crippen LogP contribution in [-0.4, -0.2) is 11.2 Å². The minimum absolute atomic E-state index is 0.00222. The first-order valence-corrected chi connectivity index (χ1v) is 4.33. The van der Waals surface area contributed by atoms with Gasteiger partial charge in [0.2, 0.25) is 0 Å². The van der Waals surface area contributed by atoms with E-state index in [2.05, 4.69) is 15.9 Å². The number of carboxylic acid groups (broad SMARTS) is 1. The van der Waals surface area contributed by atoms with Gasteiger partial charge in [-0.2, -0.15) is 0 Å². The van der Waals surface area contributed by atoms with Crippen molar-refractivity contribution in [3.63, 3.8) is 0 Å². The number of hydrogen-bond donors (Lipinski definition) is 2. The Bertz CT molecular complexity index is 359. The van der Waals surface area contributed by atoms with E-state index in [-0.39, 0.29) is 15.2 Å². The van der Waals surface area contributed by atoms with Crippen LogP contribution in [0.1, 0.15) is 0 Å². The van der Waals surface area contributed by atoms with E-state index < -0.39 is 11.9 Å². The first-order valence-electron chi connectivity index (χ1n) is 3.16. The van der Waals surface area contributed by atoms with Gasteiger partial charge in [0, 0.05) is 0 Å². The van der Waals surface area contributed by atoms with E-state index >= 15 is 0 Å². The van der Waals surface area contributed by atoms with Gasteiger partial charge >= 0.3 is 6.09 Å². The zero-order valence-corrected chi connectivity index (χ0v) is 8.49. The standard InChI is InChI=1S/C7H4BrClFNO2/c8-5-4(11-7(12)13)2-1-3(9)6(5)10/h1-2,11H,(H,12,13). The summed E-state index contributed by atoms with van der Waals surface area (Å²) in [5.41, 5.74) is 0.120. The third kappa shape index (κ3) is 2.32. The van der Waals surface area contributed by atoms with Crippen molar-refractivity contribution in [2.45, 2.75) is 0 Å². The molecule has 0 bridgehead atoms. The normalized spacial score (nSPS) is 9.77. The fourth-order valence-corrected chi connectivity index (χ4v) is 1.45. The summed E-state index contributed by atoms with van der Waals surface area (Å²) in [4.78, 5) is 10.2. The van der Waals surface area contributed by atoms with Crippen LogP contribution in [0.5, 0.6) is 0 Å². The van der Waals surface area contributed by atoms with Crippen molar-refractivity contribution < 1.29 is 14.3 Å². The van der Waals surface area contributed by atoms with Crippen LogP contribution in [0.15, 0.2) is 16.6 Å². The molecule has 0 atom stereocenters. The molecular formula is C7H4BrClFNO2. The quantitative estimate of drug-likeness (QED) is 0.768. The number of hydrogen-bond acceptors (Lipinski definition) is 1. The molecule has 0 aliphatic heterocycles. The Hall–Kier alpha value is -0.810. The van der Waals surface area contributed by atoms with Gasteiger partial charge in [-0.05, 0) is 28.1 Å². The highest BCUT2D eigenvalue weighted by atomic mass is 79.9. The molecule has 0 aliphatic rings. The fraction of sp³-hybridized carbons (Fsp3) is 0. The number of rotatable bonds is 1. The SMILES string of the molecule is O=C(O)Nc1ccc(Cl)c(F)c1Br. The highest BCUT2D eigenvalue weighted by Gasteiger charge is 2.10. The molecule has 6 heteroatoms. The van der Waals surface area contributed by atoms with Crippen LogP contribution in [0.3, 0.4) is 0 Å². The third-order valence-corrected chi connectivity index (χ3v) is 2.34. The van der Waals surface area contributed by atoms with Crippen LogP contribution in [0.25, 0.3) is 0 Å². The molecule has 0 spiro atoms. The maximum atomic E-state index is 13.0. The Morgan fingerprint density at radius 1 is 1.62 bits per heavy atom. The second kappa shape index (κ2) is 3.93. The largest absolute Gasteiger partial charge is 0.465 e. The minimum atomic E-state index is -1.26. The van der Waals surface area contributed by atoms with E-state index in [9.17, 15) is 9.18 Å². The molecule has 0 aliphatic carbocycles. The summed E-state index contributed by atoms with van der Waals surface area (Å²) in [5, 5.41) is 10.3. The van der Waals surface area contributed by atoms with Crippen molar-refractivity contribution in [1.29, 1.82) is 0 Å². The van der Waals surface area contributed by atoms with Gasteiger partial charge in [-0.15, -0.1) is 0 Å². The molecule has 3 nitrogen and oxygen atoms in total. The van der Waals surface area contributed by atoms with E-state index in [4.69, 9.17) is 16.7 Å². The van der Waals surface area contributed by atoms with Gasteiger partial charge in [0.1, 0.15) is 0 Å². The maximum Gasteiger partial charge on any atom is 0.409 e. The molecular weight excluding hydrogens is 264 g/mol. The Balaban J connectivity index is 3.10. The van der Waals surface area contributed by atoms with Crippen molar-refractivity contribution in [3.05, 3.63) is 27.4 Å². The number of carbonyl (C=O) groups is 1. The Labute approximate surface area is 86.6 Å². The lowest BCUT2D eigenvalue weighted by atomic mass is 10.3. The molecule has 1 aromatic rings. The van der Waals surface area contributed by atoms with Gasteiger partial charge in [0.05, 0.1) is 15.2 Å². The van der Waals surface area contributed by atoms with E-state index in [1.165, 1.54) is 12.1 Å². The second-order valence-electron chi connectivity index (χ2n) is 2.15. The summed E-state index contributed by atoms with van der Waals surface area (Å²) >= 11 is 8.32. The second-order valence-corrected chi connectivity index (χ2v) is 3.35. The summed E-state index contributed by atoms with van der Waals surface area (Å²) in [5.74, 6) is -0.687. The highest BCUT2D eigenvalue weighted by molar-refractivity contribution is 9.10. The van der Waals surface area contributed by atoms with Gasteiger partial charge in [0.15, 0.2) is 5.82 Å². The molecule has 0 radical (unpaired) electrons. The topological polar surface area (TPSA) is 49.3 Å². The smallest absolute Gasteiger partial charge is 0.409 e. The Morgan fingerprint density at radius 3 is 2.77 bits per heavy atom. The molecule has 0 saturated heterocycles. The van der Waals surface area contributed by atoms with E-state index in [0.717, 1.165) is 0 Å². The lowest BCUT2D eigenvalue weighted by Crippen LogP contribution is -2.08. The molecule has 70 valence electrons. The number of nitrogens with one attached hydrogen (secondary N) is 1. The van der Waals surface area contributed by atoms with Crippen LogP contribution < -0.4 is 5.32 Å². The van der Waals surface area contributed by atoms with Crippen molar-refractivity contribution in [3.8, 4) is 0 Å². The van der Waals surface area contributed by atoms with Gasteiger partial charge < -0.3 is 5.11 Å². The van der Waals surface area contributed by atoms with Gasteiger partial charge in [-0.3, -0.25) is 5.32 Å². The lowest BCUT2D eigenvalue weighted by molar-refractivity contribution is 0.209. The Morgan fingerprint density at radius 2 is 2.23 bits per heavy atom. The van der Waals surface area contributed by atoms with E-state index in [1.54, 1.807) is 0 Å². The predicted molar refractivity (Wildman–Crippen MR) is 50.8 cm³/mol. The van der Waals surface area contributed by atoms with Crippen LogP contribution in [0, 0.1) is 5.82 Å². The number of benzene rings is 1. The van der Waals surface area contributed by atoms with Crippen molar-refractivity contribution in [2.75, 3.05) is 5.32 Å². The molecule has 0 unspecified atom stereocenters. The Kier molecular flexibility index (Phi) is 3.11. The molecule has 0 heterocycles. The van der Waals surface area contributed by atoms with Crippen LogP contribution in [-0.2, 0) is 0 Å². The molecule has 13 heavy (non-hydrogen) atoms. The van der Waals surface area contributed by atoms with E-state index in [1.807, 2.05) is 5.32 Å². The average molecular weight is 268 g/mol. The molecule has 0 fully saturated rings. The van der Waals surface area contributed by atoms with E-state index in [0.29, 0.717) is 0 Å². The molecule has 0 saturated carbocycles. The van der Waals surface area contributed by atoms with Gasteiger partial charge in [-0.1, -0.05) is 11.6 Å². The summed E-state index contributed by atoms with van der Waals surface area (Å²) in [6, 6.07) is 2.64. The van der Waals surface area contributed by atoms with Crippen LogP contribution in [0.4, 0.5) is 14.9 Å². The molecule has 2 N–H and O–H groups in total. The molecule has 1 aromatic carbocycles. The fourth-order valence-electron chi connectivity index (χ4n) is 0.738. The first-order chi connectivity index (χ1) is 6.02. The first kappa shape index (κ1) is 10.3. The number of anilines is 1.